The third-order valence-electron chi connectivity index (χ3n) is 5.33. The number of imidazole rings is 1. The molecule has 3 aromatic heterocycles. The molecule has 31 heavy (non-hydrogen) atoms. The maximum Gasteiger partial charge on any atom is 0.418 e. The van der Waals surface area contributed by atoms with E-state index in [1.807, 2.05) is 0 Å². The molecule has 2 N–H and O–H groups in total. The zero-order valence-electron chi connectivity index (χ0n) is 16.1. The van der Waals surface area contributed by atoms with Gasteiger partial charge in [-0.1, -0.05) is 0 Å². The Morgan fingerprint density at radius 1 is 1.26 bits per heavy atom. The molecular weight excluding hydrogens is 413 g/mol. The summed E-state index contributed by atoms with van der Waals surface area (Å²) in [6.07, 6.45) is -0.611. The van der Waals surface area contributed by atoms with Crippen molar-refractivity contribution in [3.05, 3.63) is 59.8 Å². The monoisotopic (exact) mass is 428 g/mol. The van der Waals surface area contributed by atoms with Crippen molar-refractivity contribution in [3.63, 3.8) is 0 Å². The first-order valence-electron chi connectivity index (χ1n) is 9.22. The van der Waals surface area contributed by atoms with Crippen molar-refractivity contribution in [2.75, 3.05) is 19.4 Å². The number of carbonyl (C=O) groups excluding carboxylic acids is 1. The molecule has 0 fully saturated rings. The Morgan fingerprint density at radius 2 is 2.06 bits per heavy atom. The molecule has 1 aromatic carbocycles. The number of ether oxygens (including phenoxy) is 1. The summed E-state index contributed by atoms with van der Waals surface area (Å²) in [5.41, 5.74) is 7.57. The minimum Gasteiger partial charge on any atom is -0.489 e. The number of aromatic nitrogens is 4. The maximum atomic E-state index is 13.1. The lowest BCUT2D eigenvalue weighted by molar-refractivity contribution is -0.137. The van der Waals surface area contributed by atoms with E-state index in [-0.39, 0.29) is 24.0 Å². The molecular formula is C20H15F3N6O2. The molecule has 4 aromatic rings. The van der Waals surface area contributed by atoms with Crippen molar-refractivity contribution in [1.29, 1.82) is 0 Å². The topological polar surface area (TPSA) is 98.6 Å². The molecule has 0 saturated carbocycles. The van der Waals surface area contributed by atoms with E-state index in [0.717, 1.165) is 12.3 Å². The molecule has 4 heterocycles. The second-order valence-electron chi connectivity index (χ2n) is 7.20. The fourth-order valence-corrected chi connectivity index (χ4v) is 3.67. The maximum absolute atomic E-state index is 13.1. The SMILES string of the molecule is CN(C(=O)c1ccc2nc(N)c3cncn3c2c1)C1COc2cc(C(F)(F)F)cnc21. The van der Waals surface area contributed by atoms with Gasteiger partial charge in [0.15, 0.2) is 0 Å². The predicted molar refractivity (Wildman–Crippen MR) is 104 cm³/mol. The van der Waals surface area contributed by atoms with Gasteiger partial charge in [0.25, 0.3) is 5.91 Å². The first kappa shape index (κ1) is 19.1. The number of halogens is 3. The standard InChI is InChI=1S/C20H15F3N6O2/c1-28(15-8-31-16-5-11(20(21,22)23)6-26-17(15)16)19(30)10-2-3-12-13(4-10)29-9-25-7-14(29)18(24)27-12/h2-7,9,15H,8H2,1H3,(H2,24,27). The van der Waals surface area contributed by atoms with Gasteiger partial charge in [-0.05, 0) is 24.3 Å². The lowest BCUT2D eigenvalue weighted by Crippen LogP contribution is -2.32. The summed E-state index contributed by atoms with van der Waals surface area (Å²) >= 11 is 0. The summed E-state index contributed by atoms with van der Waals surface area (Å²) in [5, 5.41) is 0. The molecule has 11 heteroatoms. The summed E-state index contributed by atoms with van der Waals surface area (Å²) in [4.78, 5) is 26.9. The van der Waals surface area contributed by atoms with Crippen LogP contribution in [0.5, 0.6) is 5.75 Å². The molecule has 0 spiro atoms. The number of pyridine rings is 1. The highest BCUT2D eigenvalue weighted by Gasteiger charge is 2.37. The van der Waals surface area contributed by atoms with Gasteiger partial charge in [0.2, 0.25) is 0 Å². The van der Waals surface area contributed by atoms with Gasteiger partial charge in [-0.2, -0.15) is 13.2 Å². The van der Waals surface area contributed by atoms with Crippen LogP contribution in [0.2, 0.25) is 0 Å². The lowest BCUT2D eigenvalue weighted by Gasteiger charge is -2.23. The second-order valence-corrected chi connectivity index (χ2v) is 7.20. The number of carbonyl (C=O) groups is 1. The Balaban J connectivity index is 1.49. The molecule has 1 amide bonds. The number of hydrogen-bond donors (Lipinski definition) is 1. The highest BCUT2D eigenvalue weighted by atomic mass is 19.4. The van der Waals surface area contributed by atoms with E-state index in [9.17, 15) is 18.0 Å². The molecule has 5 rings (SSSR count). The highest BCUT2D eigenvalue weighted by Crippen LogP contribution is 2.39. The Morgan fingerprint density at radius 3 is 2.84 bits per heavy atom. The molecule has 1 aliphatic rings. The number of likely N-dealkylation sites (N-methyl/N-ethyl adjacent to an activating group) is 1. The van der Waals surface area contributed by atoms with Gasteiger partial charge in [0.05, 0.1) is 29.1 Å². The van der Waals surface area contributed by atoms with Crippen LogP contribution in [0, 0.1) is 0 Å². The van der Waals surface area contributed by atoms with Crippen molar-refractivity contribution >= 4 is 28.3 Å². The van der Waals surface area contributed by atoms with Gasteiger partial charge < -0.3 is 15.4 Å². The first-order chi connectivity index (χ1) is 14.7. The lowest BCUT2D eigenvalue weighted by atomic mass is 10.1. The van der Waals surface area contributed by atoms with Crippen LogP contribution in [-0.2, 0) is 6.18 Å². The second kappa shape index (κ2) is 6.56. The van der Waals surface area contributed by atoms with Gasteiger partial charge in [-0.15, -0.1) is 0 Å². The number of fused-ring (bicyclic) bond motifs is 4. The number of nitrogens with two attached hydrogens (primary N) is 1. The Labute approximate surface area is 173 Å². The zero-order chi connectivity index (χ0) is 21.9. The number of benzene rings is 1. The van der Waals surface area contributed by atoms with E-state index >= 15 is 0 Å². The molecule has 0 bridgehead atoms. The van der Waals surface area contributed by atoms with E-state index in [1.165, 1.54) is 4.90 Å². The van der Waals surface area contributed by atoms with E-state index in [4.69, 9.17) is 10.5 Å². The smallest absolute Gasteiger partial charge is 0.418 e. The number of nitrogen functional groups attached to an aromatic ring is 1. The largest absolute Gasteiger partial charge is 0.489 e. The zero-order valence-corrected chi connectivity index (χ0v) is 16.1. The number of hydrogen-bond acceptors (Lipinski definition) is 6. The number of amides is 1. The molecule has 0 saturated heterocycles. The Hall–Kier alpha value is -3.89. The number of alkyl halides is 3. The van der Waals surface area contributed by atoms with Gasteiger partial charge in [0.1, 0.15) is 35.4 Å². The summed E-state index contributed by atoms with van der Waals surface area (Å²) in [5.74, 6) is 0.0122. The van der Waals surface area contributed by atoms with Gasteiger partial charge >= 0.3 is 6.18 Å². The summed E-state index contributed by atoms with van der Waals surface area (Å²) < 4.78 is 45.9. The molecule has 1 atom stereocenters. The average Bonchev–Trinajstić information content (AvgIpc) is 3.39. The van der Waals surface area contributed by atoms with Crippen LogP contribution in [0.1, 0.15) is 27.7 Å². The minimum absolute atomic E-state index is 0.0172. The fraction of sp³-hybridized carbons (Fsp3) is 0.200. The number of rotatable bonds is 2. The van der Waals surface area contributed by atoms with Crippen LogP contribution in [-0.4, -0.2) is 43.8 Å². The van der Waals surface area contributed by atoms with E-state index < -0.39 is 17.8 Å². The Kier molecular flexibility index (Phi) is 4.04. The molecule has 8 nitrogen and oxygen atoms in total. The summed E-state index contributed by atoms with van der Waals surface area (Å²) in [7, 11) is 1.56. The van der Waals surface area contributed by atoms with Crippen molar-refractivity contribution in [2.24, 2.45) is 0 Å². The van der Waals surface area contributed by atoms with Crippen molar-refractivity contribution in [3.8, 4) is 5.75 Å². The van der Waals surface area contributed by atoms with Crippen molar-refractivity contribution in [1.82, 2.24) is 24.3 Å². The third-order valence-corrected chi connectivity index (χ3v) is 5.33. The summed E-state index contributed by atoms with van der Waals surface area (Å²) in [6, 6.07) is 5.26. The van der Waals surface area contributed by atoms with E-state index in [2.05, 4.69) is 15.0 Å². The number of anilines is 1. The van der Waals surface area contributed by atoms with Crippen LogP contribution in [0.25, 0.3) is 16.6 Å². The highest BCUT2D eigenvalue weighted by molar-refractivity contribution is 5.98. The average molecular weight is 428 g/mol. The molecule has 1 aliphatic heterocycles. The fourth-order valence-electron chi connectivity index (χ4n) is 3.67. The molecule has 0 aliphatic carbocycles. The van der Waals surface area contributed by atoms with Gasteiger partial charge in [-0.25, -0.2) is 9.97 Å². The van der Waals surface area contributed by atoms with Crippen LogP contribution < -0.4 is 10.5 Å². The predicted octanol–water partition coefficient (Wildman–Crippen LogP) is 3.08. The molecule has 0 radical (unpaired) electrons. The Bertz CT molecular complexity index is 1350. The molecule has 1 unspecified atom stereocenters. The summed E-state index contributed by atoms with van der Waals surface area (Å²) in [6.45, 7) is 0.0172. The van der Waals surface area contributed by atoms with E-state index in [1.54, 1.807) is 42.2 Å². The normalized spacial score (nSPS) is 15.8. The number of nitrogens with zero attached hydrogens (tertiary/aromatic N) is 5. The first-order valence-corrected chi connectivity index (χ1v) is 9.22. The van der Waals surface area contributed by atoms with Crippen molar-refractivity contribution < 1.29 is 22.7 Å². The van der Waals surface area contributed by atoms with Gasteiger partial charge in [-0.3, -0.25) is 14.2 Å². The quantitative estimate of drug-likeness (QED) is 0.527. The van der Waals surface area contributed by atoms with Crippen molar-refractivity contribution in [2.45, 2.75) is 12.2 Å². The van der Waals surface area contributed by atoms with Crippen LogP contribution in [0.3, 0.4) is 0 Å². The van der Waals surface area contributed by atoms with Crippen LogP contribution in [0.4, 0.5) is 19.0 Å². The van der Waals surface area contributed by atoms with Gasteiger partial charge in [0, 0.05) is 18.8 Å². The van der Waals surface area contributed by atoms with Crippen LogP contribution in [0.15, 0.2) is 43.0 Å². The third kappa shape index (κ3) is 3.00. The molecule has 158 valence electrons. The minimum atomic E-state index is -4.52. The van der Waals surface area contributed by atoms with E-state index in [0.29, 0.717) is 27.9 Å². The van der Waals surface area contributed by atoms with Crippen LogP contribution >= 0.6 is 0 Å².